The molecule has 6 heteroatoms. The van der Waals surface area contributed by atoms with Crippen molar-refractivity contribution in [2.45, 2.75) is 0 Å². The lowest BCUT2D eigenvalue weighted by Crippen LogP contribution is -2.08. The lowest BCUT2D eigenvalue weighted by Gasteiger charge is -2.14. The van der Waals surface area contributed by atoms with Crippen molar-refractivity contribution in [1.29, 1.82) is 0 Å². The lowest BCUT2D eigenvalue weighted by molar-refractivity contribution is 0.464. The fourth-order valence-corrected chi connectivity index (χ4v) is 1.50. The molecule has 0 atom stereocenters. The molecule has 0 bridgehead atoms. The van der Waals surface area contributed by atoms with Crippen LogP contribution in [-0.2, 0) is 0 Å². The maximum absolute atomic E-state index is 5.80. The fraction of sp³-hybridized carbons (Fsp3) is 0.167. The summed E-state index contributed by atoms with van der Waals surface area (Å²) in [6.45, 7) is 0. The first-order valence-electron chi connectivity index (χ1n) is 5.29. The topological polar surface area (TPSA) is 64.3 Å². The van der Waals surface area contributed by atoms with Gasteiger partial charge in [0.25, 0.3) is 0 Å². The second-order valence-corrected chi connectivity index (χ2v) is 4.24. The summed E-state index contributed by atoms with van der Waals surface area (Å²) in [5, 5.41) is 0.184. The average Bonchev–Trinajstić information content (AvgIpc) is 2.35. The van der Waals surface area contributed by atoms with E-state index in [4.69, 9.17) is 22.1 Å². The van der Waals surface area contributed by atoms with E-state index in [9.17, 15) is 0 Å². The third kappa shape index (κ3) is 2.62. The zero-order chi connectivity index (χ0) is 13.1. The first-order valence-corrected chi connectivity index (χ1v) is 5.67. The van der Waals surface area contributed by atoms with Gasteiger partial charge in [0.2, 0.25) is 5.88 Å². The Hall–Kier alpha value is -2.01. The Morgan fingerprint density at radius 1 is 1.28 bits per heavy atom. The van der Waals surface area contributed by atoms with Gasteiger partial charge in [0.15, 0.2) is 5.15 Å². The molecule has 2 N–H and O–H groups in total. The Kier molecular flexibility index (Phi) is 3.53. The van der Waals surface area contributed by atoms with Gasteiger partial charge in [0, 0.05) is 25.8 Å². The van der Waals surface area contributed by atoms with E-state index >= 15 is 0 Å². The van der Waals surface area contributed by atoms with Gasteiger partial charge in [-0.3, -0.25) is 0 Å². The monoisotopic (exact) mass is 264 g/mol. The van der Waals surface area contributed by atoms with Crippen LogP contribution in [0, 0.1) is 0 Å². The van der Waals surface area contributed by atoms with Crippen LogP contribution in [0.25, 0.3) is 0 Å². The number of aromatic nitrogens is 2. The predicted molar refractivity (Wildman–Crippen MR) is 72.3 cm³/mol. The van der Waals surface area contributed by atoms with Gasteiger partial charge in [-0.15, -0.1) is 0 Å². The van der Waals surface area contributed by atoms with Crippen LogP contribution in [0.4, 0.5) is 11.4 Å². The van der Waals surface area contributed by atoms with Crippen molar-refractivity contribution in [3.63, 3.8) is 0 Å². The molecule has 1 aromatic heterocycles. The molecule has 2 aromatic rings. The molecule has 0 spiro atoms. The highest BCUT2D eigenvalue weighted by molar-refractivity contribution is 6.32. The average molecular weight is 265 g/mol. The number of nitrogen functional groups attached to an aromatic ring is 1. The third-order valence-electron chi connectivity index (χ3n) is 2.35. The molecule has 0 saturated carbocycles. The largest absolute Gasteiger partial charge is 0.437 e. The number of halogens is 1. The number of ether oxygens (including phenoxy) is 1. The summed E-state index contributed by atoms with van der Waals surface area (Å²) in [6.07, 6.45) is 1.31. The van der Waals surface area contributed by atoms with Gasteiger partial charge in [-0.1, -0.05) is 17.7 Å². The van der Waals surface area contributed by atoms with E-state index in [-0.39, 0.29) is 16.7 Å². The second-order valence-electron chi connectivity index (χ2n) is 3.88. The normalized spacial score (nSPS) is 10.2. The molecule has 0 unspecified atom stereocenters. The standard InChI is InChI=1S/C12H13ClN4O/c1-17(2)8-4-3-5-9(6-8)18-12-10(14)11(13)15-7-16-12/h3-7H,14H2,1-2H3. The van der Waals surface area contributed by atoms with E-state index in [1.807, 2.05) is 43.3 Å². The highest BCUT2D eigenvalue weighted by Gasteiger charge is 2.08. The number of rotatable bonds is 3. The molecule has 5 nitrogen and oxygen atoms in total. The number of nitrogens with zero attached hydrogens (tertiary/aromatic N) is 3. The van der Waals surface area contributed by atoms with E-state index in [0.29, 0.717) is 5.75 Å². The van der Waals surface area contributed by atoms with Crippen LogP contribution in [0.1, 0.15) is 0 Å². The molecule has 0 amide bonds. The Bertz CT molecular complexity index is 560. The minimum Gasteiger partial charge on any atom is -0.437 e. The van der Waals surface area contributed by atoms with Crippen molar-refractivity contribution in [2.75, 3.05) is 24.7 Å². The van der Waals surface area contributed by atoms with Crippen LogP contribution in [0.5, 0.6) is 11.6 Å². The van der Waals surface area contributed by atoms with Crippen LogP contribution in [0.15, 0.2) is 30.6 Å². The van der Waals surface area contributed by atoms with E-state index < -0.39 is 0 Å². The molecule has 0 aliphatic rings. The molecular weight excluding hydrogens is 252 g/mol. The Morgan fingerprint density at radius 3 is 2.78 bits per heavy atom. The van der Waals surface area contributed by atoms with Gasteiger partial charge in [0.05, 0.1) is 0 Å². The first-order chi connectivity index (χ1) is 8.58. The Balaban J connectivity index is 2.28. The summed E-state index contributed by atoms with van der Waals surface area (Å²) in [5.74, 6) is 0.897. The van der Waals surface area contributed by atoms with Crippen LogP contribution in [0.3, 0.4) is 0 Å². The number of anilines is 2. The molecule has 1 heterocycles. The van der Waals surface area contributed by atoms with E-state index in [0.717, 1.165) is 5.69 Å². The zero-order valence-corrected chi connectivity index (χ0v) is 10.8. The summed E-state index contributed by atoms with van der Waals surface area (Å²) in [7, 11) is 3.91. The van der Waals surface area contributed by atoms with E-state index in [1.165, 1.54) is 6.33 Å². The van der Waals surface area contributed by atoms with Crippen molar-refractivity contribution in [2.24, 2.45) is 0 Å². The molecule has 94 valence electrons. The molecule has 0 saturated heterocycles. The summed E-state index contributed by atoms with van der Waals surface area (Å²) < 4.78 is 5.59. The lowest BCUT2D eigenvalue weighted by atomic mass is 10.3. The quantitative estimate of drug-likeness (QED) is 0.863. The molecule has 0 aliphatic carbocycles. The Morgan fingerprint density at radius 2 is 2.06 bits per heavy atom. The van der Waals surface area contributed by atoms with Gasteiger partial charge in [0.1, 0.15) is 17.8 Å². The fourth-order valence-electron chi connectivity index (χ4n) is 1.38. The van der Waals surface area contributed by atoms with Crippen molar-refractivity contribution in [3.05, 3.63) is 35.7 Å². The van der Waals surface area contributed by atoms with Gasteiger partial charge in [-0.2, -0.15) is 4.98 Å². The maximum atomic E-state index is 5.80. The van der Waals surface area contributed by atoms with Crippen LogP contribution in [-0.4, -0.2) is 24.1 Å². The smallest absolute Gasteiger partial charge is 0.247 e. The second kappa shape index (κ2) is 5.10. The van der Waals surface area contributed by atoms with E-state index in [2.05, 4.69) is 9.97 Å². The molecular formula is C12H13ClN4O. The Labute approximate surface area is 110 Å². The van der Waals surface area contributed by atoms with Crippen LogP contribution >= 0.6 is 11.6 Å². The molecule has 0 radical (unpaired) electrons. The van der Waals surface area contributed by atoms with Crippen LogP contribution in [0.2, 0.25) is 5.15 Å². The highest BCUT2D eigenvalue weighted by Crippen LogP contribution is 2.30. The SMILES string of the molecule is CN(C)c1cccc(Oc2ncnc(Cl)c2N)c1. The predicted octanol–water partition coefficient (Wildman–Crippen LogP) is 2.57. The van der Waals surface area contributed by atoms with Gasteiger partial charge >= 0.3 is 0 Å². The van der Waals surface area contributed by atoms with Gasteiger partial charge in [-0.25, -0.2) is 4.98 Å². The number of hydrogen-bond acceptors (Lipinski definition) is 5. The summed E-state index contributed by atoms with van der Waals surface area (Å²) >= 11 is 5.80. The van der Waals surface area contributed by atoms with Crippen molar-refractivity contribution in [3.8, 4) is 11.6 Å². The summed E-state index contributed by atoms with van der Waals surface area (Å²) in [6, 6.07) is 7.57. The van der Waals surface area contributed by atoms with Crippen molar-refractivity contribution in [1.82, 2.24) is 9.97 Å². The zero-order valence-electron chi connectivity index (χ0n) is 10.1. The van der Waals surface area contributed by atoms with E-state index in [1.54, 1.807) is 0 Å². The highest BCUT2D eigenvalue weighted by atomic mass is 35.5. The van der Waals surface area contributed by atoms with Crippen molar-refractivity contribution < 1.29 is 4.74 Å². The molecule has 0 fully saturated rings. The molecule has 2 rings (SSSR count). The summed E-state index contributed by atoms with van der Waals surface area (Å²) in [5.41, 5.74) is 6.99. The third-order valence-corrected chi connectivity index (χ3v) is 2.65. The molecule has 18 heavy (non-hydrogen) atoms. The maximum Gasteiger partial charge on any atom is 0.247 e. The molecule has 0 aliphatic heterocycles. The summed E-state index contributed by atoms with van der Waals surface area (Å²) in [4.78, 5) is 9.70. The first kappa shape index (κ1) is 12.4. The van der Waals surface area contributed by atoms with Crippen LogP contribution < -0.4 is 15.4 Å². The molecule has 1 aromatic carbocycles. The number of hydrogen-bond donors (Lipinski definition) is 1. The van der Waals surface area contributed by atoms with Crippen molar-refractivity contribution >= 4 is 23.0 Å². The van der Waals surface area contributed by atoms with Gasteiger partial charge in [-0.05, 0) is 12.1 Å². The minimum atomic E-state index is 0.184. The number of nitrogens with two attached hydrogens (primary N) is 1. The number of benzene rings is 1. The minimum absolute atomic E-state index is 0.184. The van der Waals surface area contributed by atoms with Gasteiger partial charge < -0.3 is 15.4 Å².